The second kappa shape index (κ2) is 10.5. The van der Waals surface area contributed by atoms with Crippen molar-refractivity contribution in [1.82, 2.24) is 10.6 Å². The summed E-state index contributed by atoms with van der Waals surface area (Å²) in [5.41, 5.74) is -0.465. The van der Waals surface area contributed by atoms with Crippen molar-refractivity contribution in [3.05, 3.63) is 35.6 Å². The lowest BCUT2D eigenvalue weighted by molar-refractivity contribution is -0.164. The van der Waals surface area contributed by atoms with Gasteiger partial charge < -0.3 is 5.32 Å². The van der Waals surface area contributed by atoms with Crippen LogP contribution in [-0.4, -0.2) is 23.7 Å². The van der Waals surface area contributed by atoms with Gasteiger partial charge in [0.05, 0.1) is 6.04 Å². The molecular weight excluding hydrogens is 444 g/mol. The summed E-state index contributed by atoms with van der Waals surface area (Å²) < 4.78 is 55.3. The number of hydrogen-bond acceptors (Lipinski definition) is 2. The molecule has 0 aromatic heterocycles. The molecule has 5 atom stereocenters. The Kier molecular flexibility index (Phi) is 7.90. The minimum Gasteiger partial charge on any atom is -0.339 e. The molecule has 3 fully saturated rings. The zero-order chi connectivity index (χ0) is 24.3. The third-order valence-corrected chi connectivity index (χ3v) is 8.77. The molecule has 1 amide bonds. The van der Waals surface area contributed by atoms with E-state index in [0.717, 1.165) is 44.2 Å². The molecule has 1 aromatic carbocycles. The van der Waals surface area contributed by atoms with Crippen molar-refractivity contribution in [2.45, 2.75) is 108 Å². The molecule has 4 rings (SSSR count). The summed E-state index contributed by atoms with van der Waals surface area (Å²) in [4.78, 5) is 13.2. The number of alkyl halides is 3. The topological polar surface area (TPSA) is 41.1 Å². The first-order valence-corrected chi connectivity index (χ1v) is 13.1. The van der Waals surface area contributed by atoms with Crippen molar-refractivity contribution < 1.29 is 22.4 Å². The lowest BCUT2D eigenvalue weighted by Crippen LogP contribution is -2.60. The molecule has 0 bridgehead atoms. The van der Waals surface area contributed by atoms with Crippen LogP contribution in [0, 0.1) is 23.6 Å². The molecule has 5 unspecified atom stereocenters. The van der Waals surface area contributed by atoms with Gasteiger partial charge in [0.1, 0.15) is 5.82 Å². The van der Waals surface area contributed by atoms with Gasteiger partial charge in [0.2, 0.25) is 5.91 Å². The number of benzene rings is 1. The normalized spacial score (nSPS) is 32.2. The van der Waals surface area contributed by atoms with Gasteiger partial charge in [-0.1, -0.05) is 64.0 Å². The van der Waals surface area contributed by atoms with Crippen molar-refractivity contribution in [3.8, 4) is 0 Å². The summed E-state index contributed by atoms with van der Waals surface area (Å²) in [6, 6.07) is 1.53. The Balaban J connectivity index is 1.56. The Morgan fingerprint density at radius 2 is 1.65 bits per heavy atom. The van der Waals surface area contributed by atoms with E-state index in [0.29, 0.717) is 24.2 Å². The summed E-state index contributed by atoms with van der Waals surface area (Å²) in [7, 11) is 0. The van der Waals surface area contributed by atoms with Gasteiger partial charge in [0.15, 0.2) is 6.04 Å². The van der Waals surface area contributed by atoms with Crippen LogP contribution in [0.15, 0.2) is 24.3 Å². The van der Waals surface area contributed by atoms with E-state index in [1.54, 1.807) is 0 Å². The smallest absolute Gasteiger partial charge is 0.339 e. The maximum Gasteiger partial charge on any atom is 0.412 e. The highest BCUT2D eigenvalue weighted by atomic mass is 19.4. The molecule has 0 radical (unpaired) electrons. The second-order valence-corrected chi connectivity index (χ2v) is 10.8. The van der Waals surface area contributed by atoms with Gasteiger partial charge in [-0.25, -0.2) is 4.39 Å². The number of amides is 1. The van der Waals surface area contributed by atoms with Gasteiger partial charge in [-0.15, -0.1) is 0 Å². The lowest BCUT2D eigenvalue weighted by Gasteiger charge is -2.50. The maximum absolute atomic E-state index is 13.9. The fraction of sp³-hybridized carbons (Fsp3) is 0.741. The van der Waals surface area contributed by atoms with Crippen LogP contribution in [-0.2, 0) is 4.79 Å². The van der Waals surface area contributed by atoms with E-state index in [1.807, 2.05) is 0 Å². The van der Waals surface area contributed by atoms with Gasteiger partial charge in [-0.3, -0.25) is 10.1 Å². The van der Waals surface area contributed by atoms with E-state index in [-0.39, 0.29) is 11.1 Å². The van der Waals surface area contributed by atoms with E-state index in [9.17, 15) is 22.4 Å². The lowest BCUT2D eigenvalue weighted by atomic mass is 9.59. The van der Waals surface area contributed by atoms with E-state index in [4.69, 9.17) is 0 Å². The Labute approximate surface area is 200 Å². The molecule has 190 valence electrons. The fourth-order valence-electron chi connectivity index (χ4n) is 7.19. The van der Waals surface area contributed by atoms with Crippen LogP contribution in [0.1, 0.15) is 95.6 Å². The fourth-order valence-corrected chi connectivity index (χ4v) is 7.19. The monoisotopic (exact) mass is 482 g/mol. The van der Waals surface area contributed by atoms with Crippen LogP contribution in [0.25, 0.3) is 0 Å². The standard InChI is InChI=1S/C27H38F4N2O/c1-18-10-8-14-21-17-23(33-26(18,21)20-12-6-4-2-3-5-7-13-20)25(34)32-24(27(29,30)31)19-11-9-15-22(28)16-19/h9,11,15-16,18,20-21,23-24,33H,2-8,10,12-14,17H2,1H3,(H,32,34). The summed E-state index contributed by atoms with van der Waals surface area (Å²) in [6.45, 7) is 2.26. The van der Waals surface area contributed by atoms with Crippen molar-refractivity contribution in [3.63, 3.8) is 0 Å². The van der Waals surface area contributed by atoms with Crippen molar-refractivity contribution >= 4 is 5.91 Å². The first-order chi connectivity index (χ1) is 16.2. The first-order valence-electron chi connectivity index (χ1n) is 13.1. The third kappa shape index (κ3) is 5.29. The second-order valence-electron chi connectivity index (χ2n) is 10.8. The maximum atomic E-state index is 13.9. The molecule has 1 aliphatic heterocycles. The largest absolute Gasteiger partial charge is 0.412 e. The number of fused-ring (bicyclic) bond motifs is 1. The average molecular weight is 483 g/mol. The molecule has 2 saturated carbocycles. The molecule has 0 spiro atoms. The van der Waals surface area contributed by atoms with E-state index >= 15 is 0 Å². The minimum absolute atomic E-state index is 0.183. The van der Waals surface area contributed by atoms with Crippen molar-refractivity contribution in [1.29, 1.82) is 0 Å². The van der Waals surface area contributed by atoms with Gasteiger partial charge in [0, 0.05) is 5.54 Å². The Morgan fingerprint density at radius 1 is 1.00 bits per heavy atom. The summed E-state index contributed by atoms with van der Waals surface area (Å²) in [5.74, 6) is -0.243. The third-order valence-electron chi connectivity index (χ3n) is 8.77. The highest BCUT2D eigenvalue weighted by Gasteiger charge is 2.57. The number of carbonyl (C=O) groups is 1. The summed E-state index contributed by atoms with van der Waals surface area (Å²) in [6.07, 6.45) is 8.68. The van der Waals surface area contributed by atoms with Crippen LogP contribution in [0.4, 0.5) is 17.6 Å². The molecule has 34 heavy (non-hydrogen) atoms. The predicted octanol–water partition coefficient (Wildman–Crippen LogP) is 6.83. The molecule has 3 aliphatic rings. The molecule has 2 N–H and O–H groups in total. The molecule has 7 heteroatoms. The van der Waals surface area contributed by atoms with E-state index in [1.165, 1.54) is 50.7 Å². The van der Waals surface area contributed by atoms with Crippen LogP contribution in [0.5, 0.6) is 0 Å². The average Bonchev–Trinajstić information content (AvgIpc) is 3.23. The molecule has 3 nitrogen and oxygen atoms in total. The van der Waals surface area contributed by atoms with E-state index < -0.39 is 30.0 Å². The molecular formula is C27H38F4N2O. The summed E-state index contributed by atoms with van der Waals surface area (Å²) >= 11 is 0. The molecule has 1 aromatic rings. The van der Waals surface area contributed by atoms with Crippen LogP contribution in [0.2, 0.25) is 0 Å². The first kappa shape index (κ1) is 25.5. The number of hydrogen-bond donors (Lipinski definition) is 2. The Hall–Kier alpha value is -1.63. The molecule has 2 aliphatic carbocycles. The van der Waals surface area contributed by atoms with Crippen LogP contribution < -0.4 is 10.6 Å². The number of rotatable bonds is 4. The zero-order valence-electron chi connectivity index (χ0n) is 20.1. The Bertz CT molecular complexity index is 834. The predicted molar refractivity (Wildman–Crippen MR) is 125 cm³/mol. The minimum atomic E-state index is -4.71. The Morgan fingerprint density at radius 3 is 2.29 bits per heavy atom. The van der Waals surface area contributed by atoms with Crippen LogP contribution >= 0.6 is 0 Å². The highest BCUT2D eigenvalue weighted by molar-refractivity contribution is 5.83. The van der Waals surface area contributed by atoms with Gasteiger partial charge in [-0.05, 0) is 67.6 Å². The summed E-state index contributed by atoms with van der Waals surface area (Å²) in [5, 5.41) is 5.89. The number of nitrogens with one attached hydrogen (secondary N) is 2. The van der Waals surface area contributed by atoms with Gasteiger partial charge in [-0.2, -0.15) is 13.2 Å². The van der Waals surface area contributed by atoms with Crippen molar-refractivity contribution in [2.75, 3.05) is 0 Å². The zero-order valence-corrected chi connectivity index (χ0v) is 20.1. The van der Waals surface area contributed by atoms with E-state index in [2.05, 4.69) is 17.6 Å². The van der Waals surface area contributed by atoms with Gasteiger partial charge in [0.25, 0.3) is 0 Å². The molecule has 1 saturated heterocycles. The molecule has 1 heterocycles. The number of halogens is 4. The highest BCUT2D eigenvalue weighted by Crippen LogP contribution is 2.52. The number of carbonyl (C=O) groups excluding carboxylic acids is 1. The SMILES string of the molecule is CC1CCCC2CC(C(=O)NC(c3cccc(F)c3)C(F)(F)F)NC12C1CCCCCCCC1. The quantitative estimate of drug-likeness (QED) is 0.462. The van der Waals surface area contributed by atoms with Crippen molar-refractivity contribution in [2.24, 2.45) is 17.8 Å². The van der Waals surface area contributed by atoms with Crippen LogP contribution in [0.3, 0.4) is 0 Å². The van der Waals surface area contributed by atoms with Gasteiger partial charge >= 0.3 is 6.18 Å².